The Kier molecular flexibility index (Phi) is 4.33. The zero-order valence-electron chi connectivity index (χ0n) is 14.4. The van der Waals surface area contributed by atoms with Crippen molar-refractivity contribution in [3.63, 3.8) is 0 Å². The Morgan fingerprint density at radius 1 is 1.11 bits per heavy atom. The zero-order valence-corrected chi connectivity index (χ0v) is 14.4. The highest BCUT2D eigenvalue weighted by Gasteiger charge is 2.16. The van der Waals surface area contributed by atoms with Crippen LogP contribution in [-0.4, -0.2) is 20.1 Å². The lowest BCUT2D eigenvalue weighted by Crippen LogP contribution is -2.11. The maximum atomic E-state index is 13.7. The van der Waals surface area contributed by atoms with Crippen LogP contribution in [0.15, 0.2) is 64.0 Å². The number of rotatable bonds is 4. The van der Waals surface area contributed by atoms with E-state index in [0.29, 0.717) is 23.4 Å². The molecule has 0 atom stereocenters. The molecule has 0 fully saturated rings. The third-order valence-corrected chi connectivity index (χ3v) is 4.19. The fraction of sp³-hybridized carbons (Fsp3) is 0.100. The van der Waals surface area contributed by atoms with E-state index in [9.17, 15) is 9.18 Å². The number of nitrogens with one attached hydrogen (secondary N) is 1. The minimum absolute atomic E-state index is 0.0562. The molecule has 1 N–H and O–H groups in total. The van der Waals surface area contributed by atoms with Gasteiger partial charge in [-0.15, -0.1) is 0 Å². The highest BCUT2D eigenvalue weighted by atomic mass is 19.1. The van der Waals surface area contributed by atoms with Crippen LogP contribution in [0.25, 0.3) is 34.2 Å². The topological polar surface area (TPSA) is 84.7 Å². The maximum absolute atomic E-state index is 13.7. The highest BCUT2D eigenvalue weighted by Crippen LogP contribution is 2.23. The van der Waals surface area contributed by atoms with Gasteiger partial charge < -0.3 is 9.51 Å². The molecule has 0 saturated carbocycles. The number of hydrogen-bond donors (Lipinski definition) is 1. The molecule has 2 aromatic carbocycles. The molecule has 134 valence electrons. The van der Waals surface area contributed by atoms with Gasteiger partial charge in [-0.2, -0.15) is 4.98 Å². The molecule has 0 bridgehead atoms. The third-order valence-electron chi connectivity index (χ3n) is 4.19. The van der Waals surface area contributed by atoms with E-state index in [1.54, 1.807) is 12.1 Å². The molecule has 0 aliphatic rings. The summed E-state index contributed by atoms with van der Waals surface area (Å²) in [6.45, 7) is 1.86. The molecular formula is C20H15FN4O2. The van der Waals surface area contributed by atoms with Gasteiger partial charge in [-0.1, -0.05) is 42.4 Å². The molecule has 0 spiro atoms. The summed E-state index contributed by atoms with van der Waals surface area (Å²) in [5.74, 6) is 0.518. The first-order chi connectivity index (χ1) is 13.2. The predicted octanol–water partition coefficient (Wildman–Crippen LogP) is 3.86. The molecule has 2 aromatic heterocycles. The largest absolute Gasteiger partial charge is 0.333 e. The molecule has 7 heteroatoms. The summed E-state index contributed by atoms with van der Waals surface area (Å²) < 4.78 is 18.9. The third kappa shape index (κ3) is 3.27. The first-order valence-electron chi connectivity index (χ1n) is 8.43. The van der Waals surface area contributed by atoms with Crippen LogP contribution in [0.2, 0.25) is 0 Å². The highest BCUT2D eigenvalue weighted by molar-refractivity contribution is 5.61. The lowest BCUT2D eigenvalue weighted by atomic mass is 10.1. The lowest BCUT2D eigenvalue weighted by molar-refractivity contribution is 0.431. The normalized spacial score (nSPS) is 10.9. The number of aromatic amines is 1. The molecule has 4 aromatic rings. The Bertz CT molecular complexity index is 1150. The number of H-pyrrole nitrogens is 1. The summed E-state index contributed by atoms with van der Waals surface area (Å²) >= 11 is 0. The average Bonchev–Trinajstić information content (AvgIpc) is 3.19. The van der Waals surface area contributed by atoms with Gasteiger partial charge in [0.2, 0.25) is 5.82 Å². The van der Waals surface area contributed by atoms with Crippen molar-refractivity contribution < 1.29 is 8.91 Å². The van der Waals surface area contributed by atoms with Crippen LogP contribution in [0.4, 0.5) is 4.39 Å². The molecule has 0 aliphatic heterocycles. The van der Waals surface area contributed by atoms with Crippen molar-refractivity contribution in [2.75, 3.05) is 0 Å². The first kappa shape index (κ1) is 16.8. The molecule has 2 heterocycles. The summed E-state index contributed by atoms with van der Waals surface area (Å²) in [6.07, 6.45) is 1.95. The number of benzene rings is 2. The van der Waals surface area contributed by atoms with Gasteiger partial charge in [-0.25, -0.2) is 9.37 Å². The zero-order chi connectivity index (χ0) is 18.8. The molecule has 0 saturated heterocycles. The SMILES string of the molecule is CCc1cc(-c2noc(-c3cnc(-c4ccccc4)[nH]c3=O)n2)ccc1F. The number of aromatic nitrogens is 4. The van der Waals surface area contributed by atoms with E-state index in [1.165, 1.54) is 12.3 Å². The Morgan fingerprint density at radius 3 is 2.67 bits per heavy atom. The van der Waals surface area contributed by atoms with Gasteiger partial charge in [0.15, 0.2) is 0 Å². The number of halogens is 1. The van der Waals surface area contributed by atoms with E-state index >= 15 is 0 Å². The van der Waals surface area contributed by atoms with Crippen molar-refractivity contribution in [1.29, 1.82) is 0 Å². The number of hydrogen-bond acceptors (Lipinski definition) is 5. The second-order valence-corrected chi connectivity index (χ2v) is 5.92. The minimum Gasteiger partial charge on any atom is -0.333 e. The van der Waals surface area contributed by atoms with Crippen LogP contribution < -0.4 is 5.56 Å². The van der Waals surface area contributed by atoms with Gasteiger partial charge in [-0.05, 0) is 30.2 Å². The van der Waals surface area contributed by atoms with Gasteiger partial charge >= 0.3 is 0 Å². The van der Waals surface area contributed by atoms with E-state index in [2.05, 4.69) is 20.1 Å². The molecule has 6 nitrogen and oxygen atoms in total. The van der Waals surface area contributed by atoms with Gasteiger partial charge in [0.25, 0.3) is 11.4 Å². The van der Waals surface area contributed by atoms with Gasteiger partial charge in [0, 0.05) is 17.3 Å². The van der Waals surface area contributed by atoms with E-state index in [1.807, 2.05) is 37.3 Å². The van der Waals surface area contributed by atoms with Crippen molar-refractivity contribution >= 4 is 0 Å². The van der Waals surface area contributed by atoms with Crippen LogP contribution in [0, 0.1) is 5.82 Å². The molecule has 27 heavy (non-hydrogen) atoms. The van der Waals surface area contributed by atoms with Crippen LogP contribution in [0.5, 0.6) is 0 Å². The van der Waals surface area contributed by atoms with Crippen molar-refractivity contribution in [3.8, 4) is 34.2 Å². The van der Waals surface area contributed by atoms with Crippen LogP contribution >= 0.6 is 0 Å². The average molecular weight is 362 g/mol. The van der Waals surface area contributed by atoms with Crippen molar-refractivity contribution in [2.45, 2.75) is 13.3 Å². The fourth-order valence-corrected chi connectivity index (χ4v) is 2.72. The van der Waals surface area contributed by atoms with Crippen molar-refractivity contribution in [1.82, 2.24) is 20.1 Å². The Morgan fingerprint density at radius 2 is 1.93 bits per heavy atom. The quantitative estimate of drug-likeness (QED) is 0.596. The maximum Gasteiger partial charge on any atom is 0.265 e. The molecule has 0 aliphatic carbocycles. The number of aryl methyl sites for hydroxylation is 1. The second kappa shape index (κ2) is 6.95. The standard InChI is InChI=1S/C20H15FN4O2/c1-2-12-10-14(8-9-16(12)21)18-24-20(27-25-18)15-11-22-17(23-19(15)26)13-6-4-3-5-7-13/h3-11H,2H2,1H3,(H,22,23,26). The Hall–Kier alpha value is -3.61. The van der Waals surface area contributed by atoms with E-state index in [-0.39, 0.29) is 28.7 Å². The summed E-state index contributed by atoms with van der Waals surface area (Å²) in [7, 11) is 0. The molecular weight excluding hydrogens is 347 g/mol. The van der Waals surface area contributed by atoms with Gasteiger partial charge in [0.05, 0.1) is 0 Å². The van der Waals surface area contributed by atoms with E-state index in [0.717, 1.165) is 5.56 Å². The van der Waals surface area contributed by atoms with E-state index < -0.39 is 0 Å². The predicted molar refractivity (Wildman–Crippen MR) is 98.4 cm³/mol. The molecule has 4 rings (SSSR count). The first-order valence-corrected chi connectivity index (χ1v) is 8.43. The van der Waals surface area contributed by atoms with Gasteiger partial charge in [-0.3, -0.25) is 4.79 Å². The van der Waals surface area contributed by atoms with Crippen LogP contribution in [0.3, 0.4) is 0 Å². The number of nitrogens with zero attached hydrogens (tertiary/aromatic N) is 3. The Balaban J connectivity index is 1.69. The summed E-state index contributed by atoms with van der Waals surface area (Å²) in [4.78, 5) is 23.7. The minimum atomic E-state index is -0.382. The summed E-state index contributed by atoms with van der Waals surface area (Å²) in [6, 6.07) is 13.9. The van der Waals surface area contributed by atoms with Gasteiger partial charge in [0.1, 0.15) is 17.2 Å². The van der Waals surface area contributed by atoms with Crippen molar-refractivity contribution in [2.24, 2.45) is 0 Å². The molecule has 0 unspecified atom stereocenters. The summed E-state index contributed by atoms with van der Waals surface area (Å²) in [5.41, 5.74) is 1.77. The second-order valence-electron chi connectivity index (χ2n) is 5.92. The lowest BCUT2D eigenvalue weighted by Gasteiger charge is -2.01. The fourth-order valence-electron chi connectivity index (χ4n) is 2.72. The summed E-state index contributed by atoms with van der Waals surface area (Å²) in [5, 5.41) is 3.90. The molecule has 0 amide bonds. The molecule has 0 radical (unpaired) electrons. The van der Waals surface area contributed by atoms with Crippen molar-refractivity contribution in [3.05, 3.63) is 76.5 Å². The Labute approximate surface area is 153 Å². The van der Waals surface area contributed by atoms with E-state index in [4.69, 9.17) is 4.52 Å². The monoisotopic (exact) mass is 362 g/mol. The smallest absolute Gasteiger partial charge is 0.265 e. The van der Waals surface area contributed by atoms with Crippen LogP contribution in [0.1, 0.15) is 12.5 Å². The van der Waals surface area contributed by atoms with Crippen LogP contribution in [-0.2, 0) is 6.42 Å².